The number of ether oxygens (including phenoxy) is 1. The zero-order chi connectivity index (χ0) is 11.0. The Morgan fingerprint density at radius 3 is 2.93 bits per heavy atom. The molecule has 2 rings (SSSR count). The molecule has 0 spiro atoms. The van der Waals surface area contributed by atoms with Gasteiger partial charge < -0.3 is 9.72 Å². The molecule has 6 heteroatoms. The quantitative estimate of drug-likeness (QED) is 0.835. The molecule has 1 aromatic carbocycles. The van der Waals surface area contributed by atoms with Crippen molar-refractivity contribution in [1.29, 1.82) is 0 Å². The highest BCUT2D eigenvalue weighted by atomic mass is 19.3. The van der Waals surface area contributed by atoms with Gasteiger partial charge in [0.05, 0.1) is 11.0 Å². The van der Waals surface area contributed by atoms with Crippen LogP contribution in [0.5, 0.6) is 5.75 Å². The zero-order valence-corrected chi connectivity index (χ0v) is 7.64. The molecule has 1 aromatic heterocycles. The van der Waals surface area contributed by atoms with E-state index in [4.69, 9.17) is 0 Å². The number of aromatic amines is 1. The summed E-state index contributed by atoms with van der Waals surface area (Å²) in [5.41, 5.74) is 0.916. The number of hydrogen-bond donors (Lipinski definition) is 1. The Balaban J connectivity index is 2.59. The summed E-state index contributed by atoms with van der Waals surface area (Å²) in [5, 5.41) is 0. The number of aromatic nitrogens is 2. The average Bonchev–Trinajstić information content (AvgIpc) is 2.61. The van der Waals surface area contributed by atoms with Gasteiger partial charge in [-0.05, 0) is 6.92 Å². The first-order valence-electron chi connectivity index (χ1n) is 4.09. The summed E-state index contributed by atoms with van der Waals surface area (Å²) in [6, 6.07) is 1.13. The molecule has 79 valence electrons. The van der Waals surface area contributed by atoms with Crippen LogP contribution in [0.4, 0.5) is 13.2 Å². The van der Waals surface area contributed by atoms with Crippen LogP contribution in [-0.4, -0.2) is 16.6 Å². The van der Waals surface area contributed by atoms with Crippen molar-refractivity contribution in [2.75, 3.05) is 0 Å². The highest BCUT2D eigenvalue weighted by molar-refractivity contribution is 5.80. The van der Waals surface area contributed by atoms with Crippen LogP contribution in [0.3, 0.4) is 0 Å². The predicted molar refractivity (Wildman–Crippen MR) is 46.3 cm³/mol. The lowest BCUT2D eigenvalue weighted by atomic mass is 10.2. The standard InChI is InChI=1S/C9H6F3N2O/c1-4-7(10)6(15-9(11)12)2-5-8(4)14-3-13-5/h2,9H,1H3,(H,13,14). The smallest absolute Gasteiger partial charge is 0.387 e. The summed E-state index contributed by atoms with van der Waals surface area (Å²) in [6.07, 6.45) is 2.40. The van der Waals surface area contributed by atoms with Crippen LogP contribution >= 0.6 is 0 Å². The Kier molecular flexibility index (Phi) is 2.26. The summed E-state index contributed by atoms with van der Waals surface area (Å²) in [7, 11) is 0. The van der Waals surface area contributed by atoms with E-state index in [2.05, 4.69) is 21.0 Å². The minimum Gasteiger partial charge on any atom is -0.432 e. The molecule has 1 heterocycles. The van der Waals surface area contributed by atoms with Crippen LogP contribution in [0.15, 0.2) is 6.07 Å². The molecular weight excluding hydrogens is 209 g/mol. The molecule has 0 aliphatic heterocycles. The van der Waals surface area contributed by atoms with Crippen molar-refractivity contribution in [2.45, 2.75) is 13.5 Å². The molecule has 0 aliphatic carbocycles. The number of H-pyrrole nitrogens is 1. The van der Waals surface area contributed by atoms with Gasteiger partial charge in [-0.25, -0.2) is 9.37 Å². The van der Waals surface area contributed by atoms with Crippen LogP contribution < -0.4 is 4.74 Å². The van der Waals surface area contributed by atoms with Crippen LogP contribution in [0.1, 0.15) is 5.56 Å². The molecule has 0 bridgehead atoms. The van der Waals surface area contributed by atoms with Gasteiger partial charge in [-0.3, -0.25) is 0 Å². The molecule has 15 heavy (non-hydrogen) atoms. The highest BCUT2D eigenvalue weighted by Crippen LogP contribution is 2.28. The van der Waals surface area contributed by atoms with Crippen molar-refractivity contribution < 1.29 is 17.9 Å². The molecule has 0 aliphatic rings. The van der Waals surface area contributed by atoms with E-state index in [1.165, 1.54) is 6.92 Å². The number of benzene rings is 1. The van der Waals surface area contributed by atoms with Gasteiger partial charge in [0.1, 0.15) is 0 Å². The molecule has 1 N–H and O–H groups in total. The number of fused-ring (bicyclic) bond motifs is 1. The molecule has 0 saturated carbocycles. The van der Waals surface area contributed by atoms with E-state index in [9.17, 15) is 13.2 Å². The third-order valence-electron chi connectivity index (χ3n) is 2.01. The van der Waals surface area contributed by atoms with Gasteiger partial charge in [0.2, 0.25) is 0 Å². The maximum absolute atomic E-state index is 13.4. The second-order valence-corrected chi connectivity index (χ2v) is 2.94. The van der Waals surface area contributed by atoms with E-state index in [0.717, 1.165) is 6.07 Å². The molecule has 0 unspecified atom stereocenters. The van der Waals surface area contributed by atoms with Gasteiger partial charge in [0, 0.05) is 11.6 Å². The SMILES string of the molecule is Cc1c(F)c(OC(F)F)cc2[nH][c]nc12. The van der Waals surface area contributed by atoms with E-state index >= 15 is 0 Å². The number of nitrogens with zero attached hydrogens (tertiary/aromatic N) is 1. The van der Waals surface area contributed by atoms with Gasteiger partial charge in [0.25, 0.3) is 0 Å². The first-order chi connectivity index (χ1) is 7.09. The Morgan fingerprint density at radius 2 is 2.27 bits per heavy atom. The fraction of sp³-hybridized carbons (Fsp3) is 0.222. The molecule has 3 nitrogen and oxygen atoms in total. The fourth-order valence-corrected chi connectivity index (χ4v) is 1.32. The van der Waals surface area contributed by atoms with Crippen LogP contribution in [-0.2, 0) is 0 Å². The Hall–Kier alpha value is -1.72. The maximum atomic E-state index is 13.4. The van der Waals surface area contributed by atoms with E-state index < -0.39 is 18.2 Å². The first-order valence-corrected chi connectivity index (χ1v) is 4.09. The van der Waals surface area contributed by atoms with Gasteiger partial charge in [-0.2, -0.15) is 8.78 Å². The fourth-order valence-electron chi connectivity index (χ4n) is 1.32. The normalized spacial score (nSPS) is 11.3. The van der Waals surface area contributed by atoms with E-state index in [-0.39, 0.29) is 5.56 Å². The summed E-state index contributed by atoms with van der Waals surface area (Å²) in [5.74, 6) is -1.32. The number of halogens is 3. The number of aryl methyl sites for hydroxylation is 1. The second-order valence-electron chi connectivity index (χ2n) is 2.94. The number of rotatable bonds is 2. The molecule has 2 aromatic rings. The lowest BCUT2D eigenvalue weighted by Gasteiger charge is -2.07. The van der Waals surface area contributed by atoms with Crippen molar-refractivity contribution in [2.24, 2.45) is 0 Å². The van der Waals surface area contributed by atoms with Gasteiger partial charge >= 0.3 is 6.61 Å². The molecule has 0 saturated heterocycles. The van der Waals surface area contributed by atoms with Gasteiger partial charge in [-0.15, -0.1) is 0 Å². The van der Waals surface area contributed by atoms with Crippen molar-refractivity contribution >= 4 is 11.0 Å². The minimum absolute atomic E-state index is 0.153. The number of imidazole rings is 1. The Bertz CT molecular complexity index is 495. The van der Waals surface area contributed by atoms with Crippen molar-refractivity contribution in [3.8, 4) is 5.75 Å². The van der Waals surface area contributed by atoms with E-state index in [1.54, 1.807) is 0 Å². The Morgan fingerprint density at radius 1 is 1.53 bits per heavy atom. The van der Waals surface area contributed by atoms with Crippen molar-refractivity contribution in [3.63, 3.8) is 0 Å². The van der Waals surface area contributed by atoms with Crippen molar-refractivity contribution in [1.82, 2.24) is 9.97 Å². The Labute approximate surface area is 82.9 Å². The van der Waals surface area contributed by atoms with Crippen LogP contribution in [0, 0.1) is 19.1 Å². The number of alkyl halides is 2. The zero-order valence-electron chi connectivity index (χ0n) is 7.64. The summed E-state index contributed by atoms with van der Waals surface area (Å²) in [4.78, 5) is 6.31. The average molecular weight is 215 g/mol. The van der Waals surface area contributed by atoms with E-state index in [0.29, 0.717) is 11.0 Å². The van der Waals surface area contributed by atoms with Crippen LogP contribution in [0.25, 0.3) is 11.0 Å². The monoisotopic (exact) mass is 215 g/mol. The predicted octanol–water partition coefficient (Wildman–Crippen LogP) is 2.41. The van der Waals surface area contributed by atoms with Gasteiger partial charge in [0.15, 0.2) is 17.9 Å². The molecular formula is C9H6F3N2O. The minimum atomic E-state index is -3.05. The van der Waals surface area contributed by atoms with E-state index in [1.807, 2.05) is 0 Å². The maximum Gasteiger partial charge on any atom is 0.387 e. The lowest BCUT2D eigenvalue weighted by molar-refractivity contribution is -0.0521. The number of hydrogen-bond acceptors (Lipinski definition) is 2. The highest BCUT2D eigenvalue weighted by Gasteiger charge is 2.16. The molecule has 0 amide bonds. The third kappa shape index (κ3) is 1.62. The summed E-state index contributed by atoms with van der Waals surface area (Å²) < 4.78 is 41.3. The summed E-state index contributed by atoms with van der Waals surface area (Å²) in [6.45, 7) is -1.62. The third-order valence-corrected chi connectivity index (χ3v) is 2.01. The van der Waals surface area contributed by atoms with Crippen molar-refractivity contribution in [3.05, 3.63) is 23.8 Å². The molecule has 0 fully saturated rings. The molecule has 0 atom stereocenters. The second kappa shape index (κ2) is 3.45. The molecule has 1 radical (unpaired) electrons. The first kappa shape index (κ1) is 9.82. The summed E-state index contributed by atoms with van der Waals surface area (Å²) >= 11 is 0. The van der Waals surface area contributed by atoms with Crippen LogP contribution in [0.2, 0.25) is 0 Å². The topological polar surface area (TPSA) is 37.9 Å². The largest absolute Gasteiger partial charge is 0.432 e. The lowest BCUT2D eigenvalue weighted by Crippen LogP contribution is -2.04. The van der Waals surface area contributed by atoms with Gasteiger partial charge in [-0.1, -0.05) is 0 Å². The number of nitrogens with one attached hydrogen (secondary N) is 1.